The quantitative estimate of drug-likeness (QED) is 0.627. The Morgan fingerprint density at radius 2 is 1.67 bits per heavy atom. The molecule has 0 aliphatic carbocycles. The van der Waals surface area contributed by atoms with Gasteiger partial charge in [-0.15, -0.1) is 0 Å². The van der Waals surface area contributed by atoms with Crippen LogP contribution in [-0.2, 0) is 9.31 Å². The highest BCUT2D eigenvalue weighted by Gasteiger charge is 2.51. The van der Waals surface area contributed by atoms with Crippen LogP contribution < -0.4 is 5.46 Å². The van der Waals surface area contributed by atoms with E-state index < -0.39 is 0 Å². The van der Waals surface area contributed by atoms with Crippen LogP contribution in [0.3, 0.4) is 0 Å². The zero-order chi connectivity index (χ0) is 15.3. The van der Waals surface area contributed by atoms with Crippen LogP contribution in [0.15, 0.2) is 36.4 Å². The standard InChI is InChI=1S/C17H19BO3/c1-16(2)17(3,4)21-18(20-16)14-8-9-15-12(10-14)6-5-7-13(15)11-19/h5-11H,1-4H3. The molecular formula is C17H19BO3. The van der Waals surface area contributed by atoms with E-state index >= 15 is 0 Å². The van der Waals surface area contributed by atoms with Gasteiger partial charge in [-0.1, -0.05) is 36.4 Å². The fourth-order valence-corrected chi connectivity index (χ4v) is 2.56. The van der Waals surface area contributed by atoms with E-state index in [1.54, 1.807) is 0 Å². The highest BCUT2D eigenvalue weighted by atomic mass is 16.7. The van der Waals surface area contributed by atoms with E-state index in [0.29, 0.717) is 5.56 Å². The maximum atomic E-state index is 11.1. The zero-order valence-corrected chi connectivity index (χ0v) is 12.8. The third-order valence-corrected chi connectivity index (χ3v) is 4.59. The third kappa shape index (κ3) is 2.28. The minimum Gasteiger partial charge on any atom is -0.399 e. The lowest BCUT2D eigenvalue weighted by Gasteiger charge is -2.32. The maximum absolute atomic E-state index is 11.1. The van der Waals surface area contributed by atoms with Crippen LogP contribution in [0.4, 0.5) is 0 Å². The summed E-state index contributed by atoms with van der Waals surface area (Å²) in [5.41, 5.74) is 0.978. The van der Waals surface area contributed by atoms with E-state index in [0.717, 1.165) is 22.5 Å². The molecule has 0 radical (unpaired) electrons. The van der Waals surface area contributed by atoms with E-state index in [4.69, 9.17) is 9.31 Å². The number of aldehydes is 1. The summed E-state index contributed by atoms with van der Waals surface area (Å²) < 4.78 is 12.1. The summed E-state index contributed by atoms with van der Waals surface area (Å²) in [6.45, 7) is 8.16. The van der Waals surface area contributed by atoms with Gasteiger partial charge in [0.15, 0.2) is 6.29 Å². The molecule has 0 unspecified atom stereocenters. The molecule has 0 spiro atoms. The average molecular weight is 282 g/mol. The van der Waals surface area contributed by atoms with Crippen molar-refractivity contribution in [3.05, 3.63) is 42.0 Å². The van der Waals surface area contributed by atoms with Crippen LogP contribution in [0.2, 0.25) is 0 Å². The van der Waals surface area contributed by atoms with E-state index in [9.17, 15) is 4.79 Å². The average Bonchev–Trinajstić information content (AvgIpc) is 2.66. The van der Waals surface area contributed by atoms with Gasteiger partial charge in [0.05, 0.1) is 11.2 Å². The van der Waals surface area contributed by atoms with Gasteiger partial charge in [0.1, 0.15) is 0 Å². The molecule has 0 bridgehead atoms. The van der Waals surface area contributed by atoms with Gasteiger partial charge < -0.3 is 9.31 Å². The van der Waals surface area contributed by atoms with Crippen molar-refractivity contribution in [2.75, 3.05) is 0 Å². The number of carbonyl (C=O) groups excluding carboxylic acids is 1. The molecule has 1 saturated heterocycles. The Hall–Kier alpha value is -1.65. The summed E-state index contributed by atoms with van der Waals surface area (Å²) in [5.74, 6) is 0. The summed E-state index contributed by atoms with van der Waals surface area (Å²) in [5, 5.41) is 1.97. The van der Waals surface area contributed by atoms with Crippen molar-refractivity contribution < 1.29 is 14.1 Å². The van der Waals surface area contributed by atoms with Gasteiger partial charge in [0, 0.05) is 5.56 Å². The molecule has 108 valence electrons. The molecule has 0 aromatic heterocycles. The minimum atomic E-state index is -0.376. The Morgan fingerprint density at radius 3 is 2.29 bits per heavy atom. The fourth-order valence-electron chi connectivity index (χ4n) is 2.56. The smallest absolute Gasteiger partial charge is 0.399 e. The minimum absolute atomic E-state index is 0.350. The Kier molecular flexibility index (Phi) is 3.19. The lowest BCUT2D eigenvalue weighted by atomic mass is 9.78. The van der Waals surface area contributed by atoms with Crippen LogP contribution in [-0.4, -0.2) is 24.6 Å². The first kappa shape index (κ1) is 14.3. The molecule has 1 fully saturated rings. The second-order valence-corrected chi connectivity index (χ2v) is 6.53. The number of carbonyl (C=O) groups is 1. The van der Waals surface area contributed by atoms with Crippen molar-refractivity contribution >= 4 is 29.6 Å². The van der Waals surface area contributed by atoms with Crippen LogP contribution >= 0.6 is 0 Å². The number of benzene rings is 2. The SMILES string of the molecule is CC1(C)OB(c2ccc3c(C=O)cccc3c2)OC1(C)C. The highest BCUT2D eigenvalue weighted by Crippen LogP contribution is 2.36. The monoisotopic (exact) mass is 282 g/mol. The Labute approximate surface area is 125 Å². The Bertz CT molecular complexity index is 690. The molecular weight excluding hydrogens is 263 g/mol. The van der Waals surface area contributed by atoms with Crippen LogP contribution in [0, 0.1) is 0 Å². The first-order valence-electron chi connectivity index (χ1n) is 7.17. The molecule has 1 heterocycles. The molecule has 2 aromatic carbocycles. The summed E-state index contributed by atoms with van der Waals surface area (Å²) >= 11 is 0. The van der Waals surface area contributed by atoms with Crippen LogP contribution in [0.1, 0.15) is 38.1 Å². The van der Waals surface area contributed by atoms with Crippen molar-refractivity contribution in [3.8, 4) is 0 Å². The van der Waals surface area contributed by atoms with Gasteiger partial charge >= 0.3 is 7.12 Å². The molecule has 0 N–H and O–H groups in total. The van der Waals surface area contributed by atoms with Gasteiger partial charge in [-0.3, -0.25) is 4.79 Å². The first-order chi connectivity index (χ1) is 9.84. The lowest BCUT2D eigenvalue weighted by molar-refractivity contribution is 0.00578. The maximum Gasteiger partial charge on any atom is 0.494 e. The Balaban J connectivity index is 2.02. The Morgan fingerprint density at radius 1 is 1.00 bits per heavy atom. The molecule has 1 aliphatic rings. The van der Waals surface area contributed by atoms with Gasteiger partial charge in [0.25, 0.3) is 0 Å². The second-order valence-electron chi connectivity index (χ2n) is 6.53. The highest BCUT2D eigenvalue weighted by molar-refractivity contribution is 6.62. The molecule has 2 aromatic rings. The predicted molar refractivity (Wildman–Crippen MR) is 85.1 cm³/mol. The predicted octanol–water partition coefficient (Wildman–Crippen LogP) is 2.95. The third-order valence-electron chi connectivity index (χ3n) is 4.59. The number of fused-ring (bicyclic) bond motifs is 1. The van der Waals surface area contributed by atoms with E-state index in [1.165, 1.54) is 0 Å². The normalized spacial score (nSPS) is 19.9. The van der Waals surface area contributed by atoms with E-state index in [2.05, 4.69) is 0 Å². The zero-order valence-electron chi connectivity index (χ0n) is 12.8. The summed E-state index contributed by atoms with van der Waals surface area (Å²) in [6, 6.07) is 11.7. The van der Waals surface area contributed by atoms with Gasteiger partial charge in [0.2, 0.25) is 0 Å². The molecule has 3 rings (SSSR count). The van der Waals surface area contributed by atoms with Gasteiger partial charge in [-0.2, -0.15) is 0 Å². The summed E-state index contributed by atoms with van der Waals surface area (Å²) in [4.78, 5) is 11.1. The van der Waals surface area contributed by atoms with Crippen LogP contribution in [0.25, 0.3) is 10.8 Å². The molecule has 0 atom stereocenters. The number of hydrogen-bond acceptors (Lipinski definition) is 3. The van der Waals surface area contributed by atoms with E-state index in [1.807, 2.05) is 64.1 Å². The second kappa shape index (κ2) is 4.68. The number of hydrogen-bond donors (Lipinski definition) is 0. The topological polar surface area (TPSA) is 35.5 Å². The van der Waals surface area contributed by atoms with Crippen molar-refractivity contribution in [1.82, 2.24) is 0 Å². The molecule has 0 saturated carbocycles. The molecule has 4 heteroatoms. The molecule has 1 aliphatic heterocycles. The van der Waals surface area contributed by atoms with Crippen molar-refractivity contribution in [2.45, 2.75) is 38.9 Å². The largest absolute Gasteiger partial charge is 0.494 e. The van der Waals surface area contributed by atoms with Gasteiger partial charge in [-0.25, -0.2) is 0 Å². The van der Waals surface area contributed by atoms with Crippen molar-refractivity contribution in [3.63, 3.8) is 0 Å². The summed E-state index contributed by atoms with van der Waals surface area (Å²) in [7, 11) is -0.376. The van der Waals surface area contributed by atoms with Crippen LogP contribution in [0.5, 0.6) is 0 Å². The lowest BCUT2D eigenvalue weighted by Crippen LogP contribution is -2.41. The van der Waals surface area contributed by atoms with E-state index in [-0.39, 0.29) is 18.3 Å². The first-order valence-corrected chi connectivity index (χ1v) is 7.17. The number of rotatable bonds is 2. The molecule has 21 heavy (non-hydrogen) atoms. The molecule has 3 nitrogen and oxygen atoms in total. The van der Waals surface area contributed by atoms with Crippen molar-refractivity contribution in [1.29, 1.82) is 0 Å². The molecule has 0 amide bonds. The van der Waals surface area contributed by atoms with Crippen molar-refractivity contribution in [2.24, 2.45) is 0 Å². The van der Waals surface area contributed by atoms with Gasteiger partial charge in [-0.05, 0) is 43.9 Å². The summed E-state index contributed by atoms with van der Waals surface area (Å²) in [6.07, 6.45) is 0.886. The fraction of sp³-hybridized carbons (Fsp3) is 0.353.